The van der Waals surface area contributed by atoms with Crippen molar-refractivity contribution < 1.29 is 14.7 Å². The van der Waals surface area contributed by atoms with E-state index in [4.69, 9.17) is 0 Å². The van der Waals surface area contributed by atoms with Gasteiger partial charge in [-0.2, -0.15) is 0 Å². The van der Waals surface area contributed by atoms with Gasteiger partial charge < -0.3 is 14.9 Å². The largest absolute Gasteiger partial charge is 0.391 e. The molecule has 0 heterocycles. The summed E-state index contributed by atoms with van der Waals surface area (Å²) in [4.78, 5) is 34.4. The van der Waals surface area contributed by atoms with E-state index < -0.39 is 0 Å². The van der Waals surface area contributed by atoms with Gasteiger partial charge in [0.1, 0.15) is 0 Å². The number of benzene rings is 1. The van der Waals surface area contributed by atoms with Crippen molar-refractivity contribution in [2.75, 3.05) is 32.8 Å². The standard InChI is InChI=1S/C22H24I3N3O3.C2H6/c1-5-10-27(11-6-2)21(30)15-17(23)16(22(31)28(12-7-3)13-8-4)19(25)20(18(15)24)26-9-14-29;1-2/h5-9,29H,1-4,10-14H2;1-2H3. The maximum atomic E-state index is 13.5. The van der Waals surface area contributed by atoms with Gasteiger partial charge in [-0.15, -0.1) is 26.3 Å². The van der Waals surface area contributed by atoms with Crippen LogP contribution in [0.5, 0.6) is 0 Å². The minimum absolute atomic E-state index is 0.251. The van der Waals surface area contributed by atoms with Gasteiger partial charge in [0, 0.05) is 36.0 Å². The fourth-order valence-electron chi connectivity index (χ4n) is 2.69. The van der Waals surface area contributed by atoms with E-state index in [1.807, 2.05) is 36.4 Å². The molecule has 0 aliphatic rings. The quantitative estimate of drug-likeness (QED) is 0.164. The molecule has 180 valence electrons. The number of hydrogen-bond donors (Lipinski definition) is 1. The Bertz CT molecular complexity index is 831. The van der Waals surface area contributed by atoms with Crippen LogP contribution in [-0.4, -0.2) is 65.7 Å². The number of aliphatic imine (C=N–C) groups is 1. The van der Waals surface area contributed by atoms with Crippen LogP contribution in [-0.2, 0) is 0 Å². The van der Waals surface area contributed by atoms with E-state index in [-0.39, 0.29) is 18.4 Å². The fourth-order valence-corrected chi connectivity index (χ4v) is 7.06. The molecule has 0 atom stereocenters. The molecule has 0 bridgehead atoms. The summed E-state index contributed by atoms with van der Waals surface area (Å²) in [5.74, 6) is -0.503. The van der Waals surface area contributed by atoms with E-state index in [0.717, 1.165) is 0 Å². The molecule has 0 aliphatic carbocycles. The second-order valence-electron chi connectivity index (χ2n) is 6.11. The highest BCUT2D eigenvalue weighted by Crippen LogP contribution is 2.38. The first kappa shape index (κ1) is 31.9. The normalized spacial score (nSPS) is 10.1. The van der Waals surface area contributed by atoms with E-state index in [2.05, 4.69) is 76.5 Å². The van der Waals surface area contributed by atoms with E-state index >= 15 is 0 Å². The molecule has 1 aromatic rings. The first-order chi connectivity index (χ1) is 15.8. The summed E-state index contributed by atoms with van der Waals surface area (Å²) >= 11 is 6.18. The molecule has 1 aromatic carbocycles. The predicted octanol–water partition coefficient (Wildman–Crippen LogP) is 5.85. The topological polar surface area (TPSA) is 73.2 Å². The monoisotopic (exact) mass is 789 g/mol. The lowest BCUT2D eigenvalue weighted by Gasteiger charge is -2.25. The molecule has 0 unspecified atom stereocenters. The molecule has 0 radical (unpaired) electrons. The van der Waals surface area contributed by atoms with Crippen molar-refractivity contribution in [2.24, 2.45) is 4.99 Å². The van der Waals surface area contributed by atoms with Gasteiger partial charge >= 0.3 is 0 Å². The molecule has 1 N–H and O–H groups in total. The second kappa shape index (κ2) is 17.4. The Hall–Kier alpha value is -1.06. The number of nitrogens with zero attached hydrogens (tertiary/aromatic N) is 3. The highest BCUT2D eigenvalue weighted by molar-refractivity contribution is 14.1. The van der Waals surface area contributed by atoms with E-state index in [9.17, 15) is 14.7 Å². The van der Waals surface area contributed by atoms with Crippen molar-refractivity contribution in [3.05, 3.63) is 72.5 Å². The second-order valence-corrected chi connectivity index (χ2v) is 9.35. The molecule has 0 fully saturated rings. The summed E-state index contributed by atoms with van der Waals surface area (Å²) in [6, 6.07) is 0. The zero-order chi connectivity index (χ0) is 25.6. The first-order valence-corrected chi connectivity index (χ1v) is 13.4. The molecule has 0 saturated carbocycles. The summed E-state index contributed by atoms with van der Waals surface area (Å²) in [6.45, 7) is 20.0. The number of aliphatic hydroxyl groups excluding tert-OH is 1. The van der Waals surface area contributed by atoms with Gasteiger partial charge in [-0.05, 0) is 67.8 Å². The number of aliphatic hydroxyl groups is 1. The fraction of sp³-hybridized carbons (Fsp3) is 0.292. The van der Waals surface area contributed by atoms with Gasteiger partial charge in [0.2, 0.25) is 0 Å². The Morgan fingerprint density at radius 2 is 1.12 bits per heavy atom. The van der Waals surface area contributed by atoms with Crippen LogP contribution in [0, 0.1) is 10.7 Å². The van der Waals surface area contributed by atoms with Crippen LogP contribution in [0.1, 0.15) is 34.6 Å². The van der Waals surface area contributed by atoms with Crippen molar-refractivity contribution in [3.8, 4) is 0 Å². The molecule has 9 heteroatoms. The SMILES string of the molecule is C=CCN(CC=C)C(=O)c1c(I)c(N=CCO)c(I)c(C(=O)N(CC=C)CC=C)c1I.CC. The molecular formula is C24H30I3N3O3. The molecule has 0 aliphatic heterocycles. The molecule has 0 saturated heterocycles. The number of amides is 2. The molecule has 6 nitrogen and oxygen atoms in total. The Balaban J connectivity index is 0.00000497. The number of carbonyl (C=O) groups is 2. The van der Waals surface area contributed by atoms with Crippen LogP contribution in [0.4, 0.5) is 5.69 Å². The van der Waals surface area contributed by atoms with E-state index in [1.54, 1.807) is 34.1 Å². The van der Waals surface area contributed by atoms with Crippen LogP contribution >= 0.6 is 67.8 Å². The van der Waals surface area contributed by atoms with Crippen molar-refractivity contribution >= 4 is 91.5 Å². The van der Waals surface area contributed by atoms with Gasteiger partial charge in [-0.25, -0.2) is 0 Å². The summed E-state index contributed by atoms with van der Waals surface area (Å²) in [5.41, 5.74) is 1.24. The van der Waals surface area contributed by atoms with Crippen LogP contribution in [0.15, 0.2) is 55.6 Å². The zero-order valence-electron chi connectivity index (χ0n) is 19.0. The highest BCUT2D eigenvalue weighted by atomic mass is 127. The summed E-state index contributed by atoms with van der Waals surface area (Å²) in [6.07, 6.45) is 7.90. The Morgan fingerprint density at radius 3 is 1.39 bits per heavy atom. The summed E-state index contributed by atoms with van der Waals surface area (Å²) in [5, 5.41) is 9.23. The predicted molar refractivity (Wildman–Crippen MR) is 164 cm³/mol. The summed E-state index contributed by atoms with van der Waals surface area (Å²) < 4.78 is 1.75. The van der Waals surface area contributed by atoms with Crippen molar-refractivity contribution in [1.29, 1.82) is 0 Å². The minimum atomic E-state index is -0.261. The third-order valence-corrected chi connectivity index (χ3v) is 7.18. The van der Waals surface area contributed by atoms with E-state index in [1.165, 1.54) is 6.21 Å². The van der Waals surface area contributed by atoms with Gasteiger partial charge in [0.05, 0.1) is 30.6 Å². The van der Waals surface area contributed by atoms with Crippen molar-refractivity contribution in [2.45, 2.75) is 13.8 Å². The first-order valence-electron chi connectivity index (χ1n) is 10.2. The average Bonchev–Trinajstić information content (AvgIpc) is 2.79. The van der Waals surface area contributed by atoms with Gasteiger partial charge in [-0.1, -0.05) is 38.2 Å². The van der Waals surface area contributed by atoms with Crippen LogP contribution in [0.3, 0.4) is 0 Å². The maximum absolute atomic E-state index is 13.5. The van der Waals surface area contributed by atoms with Crippen molar-refractivity contribution in [1.82, 2.24) is 9.80 Å². The van der Waals surface area contributed by atoms with Gasteiger partial charge in [0.15, 0.2) is 0 Å². The van der Waals surface area contributed by atoms with Gasteiger partial charge in [-0.3, -0.25) is 14.6 Å². The molecule has 33 heavy (non-hydrogen) atoms. The minimum Gasteiger partial charge on any atom is -0.391 e. The Labute approximate surface area is 238 Å². The molecule has 0 aromatic heterocycles. The maximum Gasteiger partial charge on any atom is 0.256 e. The highest BCUT2D eigenvalue weighted by Gasteiger charge is 2.31. The Kier molecular flexibility index (Phi) is 16.8. The average molecular weight is 789 g/mol. The van der Waals surface area contributed by atoms with Crippen molar-refractivity contribution in [3.63, 3.8) is 0 Å². The summed E-state index contributed by atoms with van der Waals surface area (Å²) in [7, 11) is 0. The van der Waals surface area contributed by atoms with E-state index in [0.29, 0.717) is 53.7 Å². The molecule has 1 rings (SSSR count). The molecule has 2 amide bonds. The zero-order valence-corrected chi connectivity index (χ0v) is 25.5. The van der Waals surface area contributed by atoms with Crippen LogP contribution in [0.25, 0.3) is 0 Å². The number of rotatable bonds is 12. The van der Waals surface area contributed by atoms with Crippen LogP contribution in [0.2, 0.25) is 0 Å². The number of halogens is 3. The molecular weight excluding hydrogens is 759 g/mol. The molecule has 0 spiro atoms. The third kappa shape index (κ3) is 8.58. The van der Waals surface area contributed by atoms with Gasteiger partial charge in [0.25, 0.3) is 11.8 Å². The lowest BCUT2D eigenvalue weighted by molar-refractivity contribution is 0.0786. The Morgan fingerprint density at radius 1 is 0.788 bits per heavy atom. The number of carbonyl (C=O) groups excluding carboxylic acids is 2. The third-order valence-electron chi connectivity index (χ3n) is 4.00. The van der Waals surface area contributed by atoms with Crippen LogP contribution < -0.4 is 0 Å². The lowest BCUT2D eigenvalue weighted by atomic mass is 10.1. The number of hydrogen-bond acceptors (Lipinski definition) is 4. The lowest BCUT2D eigenvalue weighted by Crippen LogP contribution is -2.35. The smallest absolute Gasteiger partial charge is 0.256 e.